The second kappa shape index (κ2) is 6.34. The number of pyridine rings is 1. The first kappa shape index (κ1) is 14.4. The Balaban J connectivity index is 2.57. The van der Waals surface area contributed by atoms with Crippen LogP contribution in [-0.2, 0) is 4.79 Å². The van der Waals surface area contributed by atoms with E-state index in [2.05, 4.69) is 26.2 Å². The fourth-order valence-electron chi connectivity index (χ4n) is 1.27. The summed E-state index contributed by atoms with van der Waals surface area (Å²) in [6, 6.07) is 1.34. The number of nitrogens with one attached hydrogen (secondary N) is 1. The van der Waals surface area contributed by atoms with Gasteiger partial charge in [0, 0.05) is 24.3 Å². The Morgan fingerprint density at radius 1 is 1.56 bits per heavy atom. The molecule has 0 saturated heterocycles. The number of hydrogen-bond donors (Lipinski definition) is 2. The Kier molecular flexibility index (Phi) is 5.08. The van der Waals surface area contributed by atoms with E-state index >= 15 is 0 Å². The minimum atomic E-state index is -0.932. The van der Waals surface area contributed by atoms with Gasteiger partial charge in [0.15, 0.2) is 0 Å². The average molecular weight is 316 g/mol. The van der Waals surface area contributed by atoms with E-state index in [4.69, 9.17) is 5.11 Å². The molecule has 7 heteroatoms. The van der Waals surface area contributed by atoms with Crippen molar-refractivity contribution < 1.29 is 14.7 Å². The maximum Gasteiger partial charge on any atom is 0.321 e. The highest BCUT2D eigenvalue weighted by atomic mass is 79.9. The van der Waals surface area contributed by atoms with Crippen molar-refractivity contribution in [1.29, 1.82) is 0 Å². The minimum absolute atomic E-state index is 0.141. The molecule has 0 saturated carbocycles. The summed E-state index contributed by atoms with van der Waals surface area (Å²) in [7, 11) is 1.54. The summed E-state index contributed by atoms with van der Waals surface area (Å²) in [5, 5.41) is 11.4. The molecule has 1 heterocycles. The summed E-state index contributed by atoms with van der Waals surface area (Å²) >= 11 is 3.24. The molecule has 0 aliphatic heterocycles. The van der Waals surface area contributed by atoms with Gasteiger partial charge in [-0.25, -0.2) is 4.79 Å². The molecule has 0 aliphatic rings. The summed E-state index contributed by atoms with van der Waals surface area (Å²) in [4.78, 5) is 27.7. The Morgan fingerprint density at radius 3 is 2.78 bits per heavy atom. The molecule has 1 atom stereocenters. The molecule has 1 aromatic heterocycles. The van der Waals surface area contributed by atoms with Crippen molar-refractivity contribution in [2.24, 2.45) is 5.92 Å². The smallest absolute Gasteiger partial charge is 0.321 e. The first-order valence-corrected chi connectivity index (χ1v) is 6.05. The van der Waals surface area contributed by atoms with Crippen LogP contribution in [0, 0.1) is 5.92 Å². The monoisotopic (exact) mass is 315 g/mol. The SMILES string of the molecule is CC(CN(C)C(=O)Nc1cncc(Br)c1)C(=O)O. The van der Waals surface area contributed by atoms with Gasteiger partial charge in [-0.2, -0.15) is 0 Å². The molecular formula is C11H14BrN3O3. The largest absolute Gasteiger partial charge is 0.481 e. The molecule has 1 aromatic rings. The zero-order valence-corrected chi connectivity index (χ0v) is 11.6. The van der Waals surface area contributed by atoms with Gasteiger partial charge in [-0.1, -0.05) is 6.92 Å². The van der Waals surface area contributed by atoms with E-state index in [-0.39, 0.29) is 12.6 Å². The number of carboxylic acid groups (broad SMARTS) is 1. The van der Waals surface area contributed by atoms with Crippen molar-refractivity contribution in [2.45, 2.75) is 6.92 Å². The van der Waals surface area contributed by atoms with Crippen molar-refractivity contribution in [3.8, 4) is 0 Å². The molecule has 18 heavy (non-hydrogen) atoms. The highest BCUT2D eigenvalue weighted by Gasteiger charge is 2.17. The predicted molar refractivity (Wildman–Crippen MR) is 70.4 cm³/mol. The lowest BCUT2D eigenvalue weighted by atomic mass is 10.2. The van der Waals surface area contributed by atoms with Crippen LogP contribution in [0.2, 0.25) is 0 Å². The second-order valence-electron chi connectivity index (χ2n) is 3.94. The first-order valence-electron chi connectivity index (χ1n) is 5.25. The van der Waals surface area contributed by atoms with Crippen LogP contribution in [-0.4, -0.2) is 40.6 Å². The number of aromatic nitrogens is 1. The highest BCUT2D eigenvalue weighted by molar-refractivity contribution is 9.10. The van der Waals surface area contributed by atoms with Crippen LogP contribution in [0.4, 0.5) is 10.5 Å². The molecule has 0 aromatic carbocycles. The molecule has 0 spiro atoms. The lowest BCUT2D eigenvalue weighted by molar-refractivity contribution is -0.141. The molecule has 1 unspecified atom stereocenters. The van der Waals surface area contributed by atoms with Crippen LogP contribution in [0.5, 0.6) is 0 Å². The average Bonchev–Trinajstić information content (AvgIpc) is 2.28. The topological polar surface area (TPSA) is 82.5 Å². The van der Waals surface area contributed by atoms with Crippen LogP contribution in [0.3, 0.4) is 0 Å². The van der Waals surface area contributed by atoms with Crippen LogP contribution >= 0.6 is 15.9 Å². The van der Waals surface area contributed by atoms with Gasteiger partial charge in [-0.15, -0.1) is 0 Å². The van der Waals surface area contributed by atoms with E-state index in [1.807, 2.05) is 0 Å². The Morgan fingerprint density at radius 2 is 2.22 bits per heavy atom. The van der Waals surface area contributed by atoms with Crippen LogP contribution in [0.1, 0.15) is 6.92 Å². The van der Waals surface area contributed by atoms with Crippen molar-refractivity contribution in [3.05, 3.63) is 22.9 Å². The predicted octanol–water partition coefficient (Wildman–Crippen LogP) is 2.03. The lowest BCUT2D eigenvalue weighted by Gasteiger charge is -2.19. The Labute approximate surface area is 113 Å². The zero-order chi connectivity index (χ0) is 13.7. The number of hydrogen-bond acceptors (Lipinski definition) is 3. The van der Waals surface area contributed by atoms with E-state index in [1.54, 1.807) is 26.2 Å². The Hall–Kier alpha value is -1.63. The molecule has 0 radical (unpaired) electrons. The fourth-order valence-corrected chi connectivity index (χ4v) is 1.64. The zero-order valence-electron chi connectivity index (χ0n) is 10.1. The molecule has 6 nitrogen and oxygen atoms in total. The van der Waals surface area contributed by atoms with Crippen molar-refractivity contribution in [3.63, 3.8) is 0 Å². The summed E-state index contributed by atoms with van der Waals surface area (Å²) in [6.45, 7) is 1.69. The molecule has 98 valence electrons. The maximum atomic E-state index is 11.8. The second-order valence-corrected chi connectivity index (χ2v) is 4.86. The number of amides is 2. The first-order chi connectivity index (χ1) is 8.40. The quantitative estimate of drug-likeness (QED) is 0.890. The standard InChI is InChI=1S/C11H14BrN3O3/c1-7(10(16)17)6-15(2)11(18)14-9-3-8(12)4-13-5-9/h3-5,7H,6H2,1-2H3,(H,14,18)(H,16,17). The lowest BCUT2D eigenvalue weighted by Crippen LogP contribution is -2.36. The third-order valence-corrected chi connectivity index (χ3v) is 2.71. The van der Waals surface area contributed by atoms with Gasteiger partial charge >= 0.3 is 12.0 Å². The van der Waals surface area contributed by atoms with Crippen molar-refractivity contribution in [1.82, 2.24) is 9.88 Å². The van der Waals surface area contributed by atoms with E-state index in [0.29, 0.717) is 5.69 Å². The molecular weight excluding hydrogens is 302 g/mol. The van der Waals surface area contributed by atoms with Gasteiger partial charge < -0.3 is 15.3 Å². The van der Waals surface area contributed by atoms with Crippen LogP contribution in [0.25, 0.3) is 0 Å². The van der Waals surface area contributed by atoms with Gasteiger partial charge in [0.2, 0.25) is 0 Å². The van der Waals surface area contributed by atoms with E-state index in [0.717, 1.165) is 4.47 Å². The molecule has 2 amide bonds. The molecule has 1 rings (SSSR count). The van der Waals surface area contributed by atoms with E-state index < -0.39 is 11.9 Å². The number of nitrogens with zero attached hydrogens (tertiary/aromatic N) is 2. The number of aliphatic carboxylic acids is 1. The van der Waals surface area contributed by atoms with E-state index in [9.17, 15) is 9.59 Å². The van der Waals surface area contributed by atoms with Gasteiger partial charge in [0.05, 0.1) is 17.8 Å². The summed E-state index contributed by atoms with van der Waals surface area (Å²) < 4.78 is 0.752. The van der Waals surface area contributed by atoms with Crippen molar-refractivity contribution in [2.75, 3.05) is 18.9 Å². The fraction of sp³-hybridized carbons (Fsp3) is 0.364. The Bertz CT molecular complexity index is 453. The third kappa shape index (κ3) is 4.33. The minimum Gasteiger partial charge on any atom is -0.481 e. The summed E-state index contributed by atoms with van der Waals surface area (Å²) in [6.07, 6.45) is 3.11. The normalized spacial score (nSPS) is 11.7. The van der Waals surface area contributed by atoms with Gasteiger partial charge in [-0.3, -0.25) is 9.78 Å². The third-order valence-electron chi connectivity index (χ3n) is 2.27. The number of carbonyl (C=O) groups excluding carboxylic acids is 1. The number of rotatable bonds is 4. The van der Waals surface area contributed by atoms with Crippen LogP contribution < -0.4 is 5.32 Å². The number of carbonyl (C=O) groups is 2. The molecule has 0 bridgehead atoms. The molecule has 0 aliphatic carbocycles. The number of urea groups is 1. The number of carboxylic acids is 1. The van der Waals surface area contributed by atoms with Crippen LogP contribution in [0.15, 0.2) is 22.9 Å². The van der Waals surface area contributed by atoms with Gasteiger partial charge in [-0.05, 0) is 22.0 Å². The van der Waals surface area contributed by atoms with E-state index in [1.165, 1.54) is 11.1 Å². The van der Waals surface area contributed by atoms with Gasteiger partial charge in [0.25, 0.3) is 0 Å². The maximum absolute atomic E-state index is 11.8. The molecule has 2 N–H and O–H groups in total. The highest BCUT2D eigenvalue weighted by Crippen LogP contribution is 2.14. The van der Waals surface area contributed by atoms with Gasteiger partial charge in [0.1, 0.15) is 0 Å². The number of halogens is 1. The van der Waals surface area contributed by atoms with Crippen molar-refractivity contribution >= 4 is 33.6 Å². The summed E-state index contributed by atoms with van der Waals surface area (Å²) in [5.74, 6) is -1.54. The molecule has 0 fully saturated rings. The number of anilines is 1. The summed E-state index contributed by atoms with van der Waals surface area (Å²) in [5.41, 5.74) is 0.546.